The van der Waals surface area contributed by atoms with E-state index < -0.39 is 0 Å². The number of hydrogen-bond acceptors (Lipinski definition) is 2. The number of halogens is 1. The minimum Gasteiger partial charge on any atom is -0.342 e. The lowest BCUT2D eigenvalue weighted by Crippen LogP contribution is -2.02. The van der Waals surface area contributed by atoms with Crippen LogP contribution < -0.4 is 5.73 Å². The Bertz CT molecular complexity index is 716. The van der Waals surface area contributed by atoms with Crippen molar-refractivity contribution in [1.82, 2.24) is 9.97 Å². The standard InChI is InChI=1S/C16H16FN3/c17-13-4-1-11(2-5-13)10-16-19-14-6-3-12(7-8-18)9-15(14)20-16/h1-6,9H,7-8,10,18H2,(H,19,20). The Balaban J connectivity index is 1.86. The molecule has 4 heteroatoms. The number of nitrogens with zero attached hydrogens (tertiary/aromatic N) is 1. The molecule has 0 saturated heterocycles. The topological polar surface area (TPSA) is 54.7 Å². The molecular weight excluding hydrogens is 253 g/mol. The van der Waals surface area contributed by atoms with Crippen molar-refractivity contribution in [3.63, 3.8) is 0 Å². The van der Waals surface area contributed by atoms with Gasteiger partial charge in [-0.15, -0.1) is 0 Å². The number of H-pyrrole nitrogens is 1. The maximum atomic E-state index is 12.9. The number of imidazole rings is 1. The van der Waals surface area contributed by atoms with E-state index in [0.29, 0.717) is 13.0 Å². The largest absolute Gasteiger partial charge is 0.342 e. The summed E-state index contributed by atoms with van der Waals surface area (Å²) in [7, 11) is 0. The van der Waals surface area contributed by atoms with Crippen LogP contribution in [-0.2, 0) is 12.8 Å². The summed E-state index contributed by atoms with van der Waals surface area (Å²) in [6.45, 7) is 0.641. The zero-order valence-electron chi connectivity index (χ0n) is 11.1. The molecule has 0 aliphatic rings. The maximum Gasteiger partial charge on any atom is 0.123 e. The highest BCUT2D eigenvalue weighted by molar-refractivity contribution is 5.76. The average molecular weight is 269 g/mol. The van der Waals surface area contributed by atoms with E-state index in [1.165, 1.54) is 17.7 Å². The van der Waals surface area contributed by atoms with Gasteiger partial charge in [-0.2, -0.15) is 0 Å². The Hall–Kier alpha value is -2.20. The smallest absolute Gasteiger partial charge is 0.123 e. The van der Waals surface area contributed by atoms with Gasteiger partial charge in [0.25, 0.3) is 0 Å². The van der Waals surface area contributed by atoms with E-state index in [4.69, 9.17) is 5.73 Å². The lowest BCUT2D eigenvalue weighted by atomic mass is 10.1. The second-order valence-electron chi connectivity index (χ2n) is 4.88. The summed E-state index contributed by atoms with van der Waals surface area (Å²) in [5.41, 5.74) is 9.78. The van der Waals surface area contributed by atoms with E-state index in [0.717, 1.165) is 28.8 Å². The molecule has 0 atom stereocenters. The van der Waals surface area contributed by atoms with Crippen LogP contribution in [0.4, 0.5) is 4.39 Å². The lowest BCUT2D eigenvalue weighted by Gasteiger charge is -1.97. The minimum atomic E-state index is -0.218. The van der Waals surface area contributed by atoms with Crippen LogP contribution in [0.2, 0.25) is 0 Å². The van der Waals surface area contributed by atoms with Gasteiger partial charge >= 0.3 is 0 Å². The molecule has 0 aliphatic carbocycles. The Morgan fingerprint density at radius 1 is 1.05 bits per heavy atom. The summed E-state index contributed by atoms with van der Waals surface area (Å²) in [5, 5.41) is 0. The molecule has 3 rings (SSSR count). The molecule has 102 valence electrons. The highest BCUT2D eigenvalue weighted by atomic mass is 19.1. The van der Waals surface area contributed by atoms with Gasteiger partial charge in [0, 0.05) is 6.42 Å². The average Bonchev–Trinajstić information content (AvgIpc) is 2.83. The van der Waals surface area contributed by atoms with Crippen molar-refractivity contribution in [2.45, 2.75) is 12.8 Å². The Morgan fingerprint density at radius 3 is 2.55 bits per heavy atom. The van der Waals surface area contributed by atoms with Crippen LogP contribution >= 0.6 is 0 Å². The number of rotatable bonds is 4. The van der Waals surface area contributed by atoms with Gasteiger partial charge in [0.05, 0.1) is 11.0 Å². The number of nitrogens with one attached hydrogen (secondary N) is 1. The second-order valence-corrected chi connectivity index (χ2v) is 4.88. The predicted molar refractivity (Wildman–Crippen MR) is 78.1 cm³/mol. The second kappa shape index (κ2) is 5.43. The van der Waals surface area contributed by atoms with Gasteiger partial charge in [0.2, 0.25) is 0 Å². The van der Waals surface area contributed by atoms with Crippen molar-refractivity contribution in [1.29, 1.82) is 0 Å². The number of aromatic amines is 1. The van der Waals surface area contributed by atoms with Crippen LogP contribution in [0.3, 0.4) is 0 Å². The molecule has 0 fully saturated rings. The van der Waals surface area contributed by atoms with E-state index in [9.17, 15) is 4.39 Å². The van der Waals surface area contributed by atoms with Crippen molar-refractivity contribution in [3.8, 4) is 0 Å². The summed E-state index contributed by atoms with van der Waals surface area (Å²) in [6.07, 6.45) is 1.53. The molecule has 20 heavy (non-hydrogen) atoms. The summed E-state index contributed by atoms with van der Waals surface area (Å²) in [6, 6.07) is 12.6. The van der Waals surface area contributed by atoms with Crippen molar-refractivity contribution < 1.29 is 4.39 Å². The van der Waals surface area contributed by atoms with E-state index in [2.05, 4.69) is 22.1 Å². The number of fused-ring (bicyclic) bond motifs is 1. The van der Waals surface area contributed by atoms with E-state index in [-0.39, 0.29) is 5.82 Å². The fourth-order valence-corrected chi connectivity index (χ4v) is 2.31. The SMILES string of the molecule is NCCc1ccc2nc(Cc3ccc(F)cc3)[nH]c2c1. The van der Waals surface area contributed by atoms with Gasteiger partial charge < -0.3 is 10.7 Å². The third-order valence-corrected chi connectivity index (χ3v) is 3.31. The van der Waals surface area contributed by atoms with Crippen LogP contribution in [0.25, 0.3) is 11.0 Å². The molecule has 0 saturated carbocycles. The molecule has 1 aromatic heterocycles. The number of benzene rings is 2. The van der Waals surface area contributed by atoms with E-state index in [1.54, 1.807) is 12.1 Å². The Kier molecular flexibility index (Phi) is 3.48. The molecule has 0 amide bonds. The fourth-order valence-electron chi connectivity index (χ4n) is 2.31. The summed E-state index contributed by atoms with van der Waals surface area (Å²) in [4.78, 5) is 7.86. The van der Waals surface area contributed by atoms with Crippen LogP contribution in [-0.4, -0.2) is 16.5 Å². The quantitative estimate of drug-likeness (QED) is 0.765. The summed E-state index contributed by atoms with van der Waals surface area (Å²) in [5.74, 6) is 0.668. The first-order valence-electron chi connectivity index (χ1n) is 6.66. The molecule has 2 aromatic carbocycles. The van der Waals surface area contributed by atoms with Gasteiger partial charge in [-0.05, 0) is 48.4 Å². The normalized spacial score (nSPS) is 11.1. The predicted octanol–water partition coefficient (Wildman–Crippen LogP) is 2.79. The van der Waals surface area contributed by atoms with Crippen molar-refractivity contribution in [3.05, 3.63) is 65.2 Å². The van der Waals surface area contributed by atoms with E-state index >= 15 is 0 Å². The third kappa shape index (κ3) is 2.70. The molecule has 3 nitrogen and oxygen atoms in total. The zero-order chi connectivity index (χ0) is 13.9. The molecule has 0 spiro atoms. The third-order valence-electron chi connectivity index (χ3n) is 3.31. The monoisotopic (exact) mass is 269 g/mol. The van der Waals surface area contributed by atoms with Crippen molar-refractivity contribution in [2.24, 2.45) is 5.73 Å². The van der Waals surface area contributed by atoms with Crippen molar-refractivity contribution >= 4 is 11.0 Å². The molecule has 0 aliphatic heterocycles. The molecule has 0 unspecified atom stereocenters. The first kappa shape index (κ1) is 12.8. The number of aromatic nitrogens is 2. The first-order valence-corrected chi connectivity index (χ1v) is 6.66. The minimum absolute atomic E-state index is 0.218. The summed E-state index contributed by atoms with van der Waals surface area (Å²) < 4.78 is 12.9. The molecule has 3 N–H and O–H groups in total. The van der Waals surface area contributed by atoms with Gasteiger partial charge in [-0.3, -0.25) is 0 Å². The molecule has 1 heterocycles. The van der Waals surface area contributed by atoms with Gasteiger partial charge in [-0.25, -0.2) is 9.37 Å². The Labute approximate surface area is 116 Å². The Morgan fingerprint density at radius 2 is 1.80 bits per heavy atom. The van der Waals surface area contributed by atoms with Gasteiger partial charge in [0.15, 0.2) is 0 Å². The van der Waals surface area contributed by atoms with Crippen LogP contribution in [0.5, 0.6) is 0 Å². The molecule has 0 bridgehead atoms. The molecule has 3 aromatic rings. The number of nitrogens with two attached hydrogens (primary N) is 1. The first-order chi connectivity index (χ1) is 9.74. The highest BCUT2D eigenvalue weighted by Gasteiger charge is 2.05. The van der Waals surface area contributed by atoms with Gasteiger partial charge in [0.1, 0.15) is 11.6 Å². The van der Waals surface area contributed by atoms with Gasteiger partial charge in [-0.1, -0.05) is 18.2 Å². The van der Waals surface area contributed by atoms with E-state index in [1.807, 2.05) is 6.07 Å². The van der Waals surface area contributed by atoms with Crippen LogP contribution in [0.1, 0.15) is 17.0 Å². The van der Waals surface area contributed by atoms with Crippen LogP contribution in [0, 0.1) is 5.82 Å². The maximum absolute atomic E-state index is 12.9. The lowest BCUT2D eigenvalue weighted by molar-refractivity contribution is 0.627. The van der Waals surface area contributed by atoms with Crippen LogP contribution in [0.15, 0.2) is 42.5 Å². The summed E-state index contributed by atoms with van der Waals surface area (Å²) >= 11 is 0. The molecular formula is C16H16FN3. The zero-order valence-corrected chi connectivity index (χ0v) is 11.1. The fraction of sp³-hybridized carbons (Fsp3) is 0.188. The molecule has 0 radical (unpaired) electrons. The van der Waals surface area contributed by atoms with Crippen molar-refractivity contribution in [2.75, 3.05) is 6.54 Å². The number of hydrogen-bond donors (Lipinski definition) is 2. The highest BCUT2D eigenvalue weighted by Crippen LogP contribution is 2.16.